The van der Waals surface area contributed by atoms with Gasteiger partial charge in [0.05, 0.1) is 6.61 Å². The second-order valence-electron chi connectivity index (χ2n) is 8.98. The predicted molar refractivity (Wildman–Crippen MR) is 113 cm³/mol. The van der Waals surface area contributed by atoms with Crippen molar-refractivity contribution < 1.29 is 19.4 Å². The number of benzene rings is 1. The summed E-state index contributed by atoms with van der Waals surface area (Å²) in [4.78, 5) is 30.9. The Balaban J connectivity index is 2.01. The lowest BCUT2D eigenvalue weighted by molar-refractivity contribution is -0.146. The minimum absolute atomic E-state index is 0.0503. The molecule has 5 heteroatoms. The molecule has 0 saturated heterocycles. The van der Waals surface area contributed by atoms with E-state index in [1.54, 1.807) is 24.3 Å². The van der Waals surface area contributed by atoms with E-state index in [1.165, 1.54) is 0 Å². The lowest BCUT2D eigenvalue weighted by Crippen LogP contribution is -2.39. The summed E-state index contributed by atoms with van der Waals surface area (Å²) in [6, 6.07) is 6.76. The van der Waals surface area contributed by atoms with Crippen molar-refractivity contribution in [2.24, 2.45) is 16.3 Å². The predicted octanol–water partition coefficient (Wildman–Crippen LogP) is 4.94. The van der Waals surface area contributed by atoms with Crippen molar-refractivity contribution in [3.05, 3.63) is 41.1 Å². The van der Waals surface area contributed by atoms with Crippen LogP contribution in [-0.2, 0) is 14.3 Å². The number of rotatable bonds is 6. The fourth-order valence-electron chi connectivity index (χ4n) is 4.41. The van der Waals surface area contributed by atoms with Crippen LogP contribution in [0.2, 0.25) is 0 Å². The summed E-state index contributed by atoms with van der Waals surface area (Å²) in [5.74, 6) is -1.17. The molecule has 1 heterocycles. The molecule has 2 aliphatic rings. The zero-order chi connectivity index (χ0) is 21.2. The molecule has 2 atom stereocenters. The number of hydrogen-bond acceptors (Lipinski definition) is 5. The van der Waals surface area contributed by atoms with Crippen LogP contribution in [0.25, 0.3) is 0 Å². The van der Waals surface area contributed by atoms with E-state index in [0.29, 0.717) is 30.7 Å². The number of hydrogen-bond donors (Lipinski definition) is 1. The average molecular weight is 398 g/mol. The third-order valence-electron chi connectivity index (χ3n) is 5.80. The van der Waals surface area contributed by atoms with Crippen molar-refractivity contribution >= 4 is 17.5 Å². The van der Waals surface area contributed by atoms with E-state index in [2.05, 4.69) is 20.8 Å². The van der Waals surface area contributed by atoms with Gasteiger partial charge in [-0.3, -0.25) is 14.6 Å². The molecule has 3 rings (SSSR count). The molecule has 1 unspecified atom stereocenters. The van der Waals surface area contributed by atoms with Crippen LogP contribution >= 0.6 is 0 Å². The molecule has 0 aromatic heterocycles. The highest BCUT2D eigenvalue weighted by molar-refractivity contribution is 6.09. The number of aromatic hydroxyl groups is 1. The van der Waals surface area contributed by atoms with Crippen molar-refractivity contribution in [2.45, 2.75) is 65.7 Å². The molecule has 156 valence electrons. The molecule has 0 spiro atoms. The quantitative estimate of drug-likeness (QED) is 0.545. The molecule has 0 bridgehead atoms. The largest absolute Gasteiger partial charge is 0.508 e. The third-order valence-corrected chi connectivity index (χ3v) is 5.80. The molecule has 0 saturated carbocycles. The highest BCUT2D eigenvalue weighted by Crippen LogP contribution is 2.48. The second kappa shape index (κ2) is 8.52. The Hall–Kier alpha value is -2.43. The molecule has 29 heavy (non-hydrogen) atoms. The molecule has 0 fully saturated rings. The Labute approximate surface area is 172 Å². The smallest absolute Gasteiger partial charge is 0.315 e. The van der Waals surface area contributed by atoms with Crippen molar-refractivity contribution in [1.82, 2.24) is 0 Å². The molecular weight excluding hydrogens is 366 g/mol. The maximum Gasteiger partial charge on any atom is 0.315 e. The fourth-order valence-corrected chi connectivity index (χ4v) is 4.41. The maximum atomic E-state index is 13.1. The van der Waals surface area contributed by atoms with Crippen molar-refractivity contribution in [3.63, 3.8) is 0 Å². The van der Waals surface area contributed by atoms with Gasteiger partial charge in [-0.05, 0) is 42.9 Å². The number of phenolic OH excluding ortho intramolecular Hbond substituents is 1. The van der Waals surface area contributed by atoms with Crippen LogP contribution in [0.1, 0.15) is 71.3 Å². The summed E-state index contributed by atoms with van der Waals surface area (Å²) in [7, 11) is 0. The standard InChI is InChI=1S/C24H31NO4/c1-5-6-7-12-29-23(28)20-15(2)25-18-13-24(3,4)14-19(27)22(18)21(20)16-8-10-17(26)11-9-16/h8-11,20-21,26H,5-7,12-14H2,1-4H3/t20?,21-/m0/s1. The lowest BCUT2D eigenvalue weighted by Gasteiger charge is -2.39. The van der Waals surface area contributed by atoms with E-state index in [9.17, 15) is 14.7 Å². The van der Waals surface area contributed by atoms with Gasteiger partial charge >= 0.3 is 5.97 Å². The minimum Gasteiger partial charge on any atom is -0.508 e. The fraction of sp³-hybridized carbons (Fsp3) is 0.542. The zero-order valence-electron chi connectivity index (χ0n) is 17.8. The second-order valence-corrected chi connectivity index (χ2v) is 8.98. The summed E-state index contributed by atoms with van der Waals surface area (Å²) in [6.45, 7) is 8.48. The van der Waals surface area contributed by atoms with Gasteiger partial charge in [0.15, 0.2) is 5.78 Å². The van der Waals surface area contributed by atoms with Crippen LogP contribution < -0.4 is 0 Å². The number of carbonyl (C=O) groups excluding carboxylic acids is 2. The summed E-state index contributed by atoms with van der Waals surface area (Å²) >= 11 is 0. The summed E-state index contributed by atoms with van der Waals surface area (Å²) in [5, 5.41) is 9.71. The van der Waals surface area contributed by atoms with Crippen LogP contribution in [-0.4, -0.2) is 29.2 Å². The highest BCUT2D eigenvalue weighted by Gasteiger charge is 2.45. The van der Waals surface area contributed by atoms with Gasteiger partial charge in [-0.15, -0.1) is 0 Å². The Kier molecular flexibility index (Phi) is 6.25. The van der Waals surface area contributed by atoms with Gasteiger partial charge in [-0.1, -0.05) is 45.7 Å². The summed E-state index contributed by atoms with van der Waals surface area (Å²) < 4.78 is 5.58. The number of phenols is 1. The molecular formula is C24H31NO4. The number of carbonyl (C=O) groups is 2. The van der Waals surface area contributed by atoms with Crippen molar-refractivity contribution in [1.29, 1.82) is 0 Å². The van der Waals surface area contributed by atoms with Crippen LogP contribution in [0.5, 0.6) is 5.75 Å². The Morgan fingerprint density at radius 2 is 1.90 bits per heavy atom. The number of ketones is 1. The van der Waals surface area contributed by atoms with Gasteiger partial charge in [-0.2, -0.15) is 0 Å². The topological polar surface area (TPSA) is 76.0 Å². The lowest BCUT2D eigenvalue weighted by atomic mass is 9.67. The van der Waals surface area contributed by atoms with Gasteiger partial charge in [-0.25, -0.2) is 0 Å². The van der Waals surface area contributed by atoms with Gasteiger partial charge in [0.2, 0.25) is 0 Å². The van der Waals surface area contributed by atoms with Crippen molar-refractivity contribution in [2.75, 3.05) is 6.61 Å². The Bertz CT molecular complexity index is 848. The first-order chi connectivity index (χ1) is 13.7. The highest BCUT2D eigenvalue weighted by atomic mass is 16.5. The van der Waals surface area contributed by atoms with Gasteiger partial charge < -0.3 is 9.84 Å². The summed E-state index contributed by atoms with van der Waals surface area (Å²) in [6.07, 6.45) is 4.04. The number of allylic oxidation sites excluding steroid dienone is 2. The average Bonchev–Trinajstić information content (AvgIpc) is 2.63. The van der Waals surface area contributed by atoms with Gasteiger partial charge in [0, 0.05) is 29.3 Å². The first-order valence-electron chi connectivity index (χ1n) is 10.5. The minimum atomic E-state index is -0.620. The summed E-state index contributed by atoms with van der Waals surface area (Å²) in [5.41, 5.74) is 2.79. The first-order valence-corrected chi connectivity index (χ1v) is 10.5. The molecule has 5 nitrogen and oxygen atoms in total. The SMILES string of the molecule is CCCCCOC(=O)C1C(C)=NC2=C(C(=O)CC(C)(C)C2)[C@H]1c1ccc(O)cc1. The van der Waals surface area contributed by atoms with E-state index in [1.807, 2.05) is 6.92 Å². The Morgan fingerprint density at radius 1 is 1.21 bits per heavy atom. The molecule has 0 amide bonds. The van der Waals surface area contributed by atoms with E-state index < -0.39 is 11.8 Å². The maximum absolute atomic E-state index is 13.1. The van der Waals surface area contributed by atoms with Gasteiger partial charge in [0.1, 0.15) is 11.7 Å². The molecule has 0 radical (unpaired) electrons. The number of nitrogens with zero attached hydrogens (tertiary/aromatic N) is 1. The molecule has 1 N–H and O–H groups in total. The molecule has 1 aromatic carbocycles. The third kappa shape index (κ3) is 4.60. The molecule has 1 aliphatic carbocycles. The first kappa shape index (κ1) is 21.3. The number of unbranched alkanes of at least 4 members (excludes halogenated alkanes) is 2. The molecule has 1 aliphatic heterocycles. The van der Waals surface area contributed by atoms with Crippen molar-refractivity contribution in [3.8, 4) is 5.75 Å². The number of esters is 1. The zero-order valence-corrected chi connectivity index (χ0v) is 17.8. The van der Waals surface area contributed by atoms with Crippen LogP contribution in [0.3, 0.4) is 0 Å². The molecule has 1 aromatic rings. The van der Waals surface area contributed by atoms with Crippen LogP contribution in [0, 0.1) is 11.3 Å². The van der Waals surface area contributed by atoms with E-state index >= 15 is 0 Å². The normalized spacial score (nSPS) is 23.4. The van der Waals surface area contributed by atoms with Gasteiger partial charge in [0.25, 0.3) is 0 Å². The van der Waals surface area contributed by atoms with Crippen LogP contribution in [0.15, 0.2) is 40.5 Å². The number of Topliss-reactive ketones (excluding diaryl/α,β-unsaturated/α-hetero) is 1. The van der Waals surface area contributed by atoms with E-state index in [4.69, 9.17) is 9.73 Å². The monoisotopic (exact) mass is 397 g/mol. The number of aliphatic imine (C=N–C) groups is 1. The van der Waals surface area contributed by atoms with Crippen LogP contribution in [0.4, 0.5) is 0 Å². The van der Waals surface area contributed by atoms with E-state index in [0.717, 1.165) is 30.5 Å². The Morgan fingerprint density at radius 3 is 2.55 bits per heavy atom. The number of ether oxygens (including phenoxy) is 1. The van der Waals surface area contributed by atoms with E-state index in [-0.39, 0.29) is 22.9 Å².